The zero-order chi connectivity index (χ0) is 25.0. The number of carbonyl (C=O) groups excluding carboxylic acids is 2. The summed E-state index contributed by atoms with van der Waals surface area (Å²) < 4.78 is 27.4. The van der Waals surface area contributed by atoms with E-state index in [4.69, 9.17) is 21.1 Å². The summed E-state index contributed by atoms with van der Waals surface area (Å²) in [7, 11) is 0. The van der Waals surface area contributed by atoms with Crippen molar-refractivity contribution in [2.75, 3.05) is 11.9 Å². The first-order valence-corrected chi connectivity index (χ1v) is 12.1. The Labute approximate surface area is 209 Å². The molecule has 3 atom stereocenters. The van der Waals surface area contributed by atoms with Gasteiger partial charge in [0.25, 0.3) is 5.91 Å². The van der Waals surface area contributed by atoms with E-state index in [0.29, 0.717) is 17.2 Å². The number of fused-ring (bicyclic) bond motifs is 1. The number of aromatic nitrogens is 5. The largest absolute Gasteiger partial charge is 0.441 e. The van der Waals surface area contributed by atoms with E-state index < -0.39 is 24.5 Å². The lowest BCUT2D eigenvalue weighted by atomic mass is 10.1. The van der Waals surface area contributed by atoms with Gasteiger partial charge in [0, 0.05) is 29.9 Å². The fourth-order valence-corrected chi connectivity index (χ4v) is 4.15. The lowest BCUT2D eigenvalue weighted by Crippen LogP contribution is -2.39. The number of rotatable bonds is 7. The zero-order valence-electron chi connectivity index (χ0n) is 19.3. The second-order valence-electron chi connectivity index (χ2n) is 9.67. The number of carbonyl (C=O) groups is 2. The molecule has 2 saturated carbocycles. The van der Waals surface area contributed by atoms with Crippen LogP contribution in [0.25, 0.3) is 5.65 Å². The number of aromatic amines is 1. The average Bonchev–Trinajstić information content (AvgIpc) is 3.61. The Kier molecular flexibility index (Phi) is 5.48. The molecule has 0 radical (unpaired) electrons. The lowest BCUT2D eigenvalue weighted by Gasteiger charge is -2.17. The molecule has 3 fully saturated rings. The lowest BCUT2D eigenvalue weighted by molar-refractivity contribution is 0.0604. The molecule has 14 heteroatoms. The summed E-state index contributed by atoms with van der Waals surface area (Å²) in [6, 6.07) is 3.30. The Morgan fingerprint density at radius 3 is 2.86 bits per heavy atom. The third-order valence-electron chi connectivity index (χ3n) is 6.46. The van der Waals surface area contributed by atoms with Crippen molar-refractivity contribution < 1.29 is 23.5 Å². The maximum atomic E-state index is 15.0. The van der Waals surface area contributed by atoms with E-state index >= 15 is 4.39 Å². The number of anilines is 2. The van der Waals surface area contributed by atoms with Crippen LogP contribution >= 0.6 is 11.6 Å². The summed E-state index contributed by atoms with van der Waals surface area (Å²) in [5.41, 5.74) is 0.763. The van der Waals surface area contributed by atoms with Crippen LogP contribution in [0.1, 0.15) is 54.9 Å². The molecule has 4 N–H and O–H groups in total. The topological polar surface area (TPSA) is 148 Å². The number of halogens is 2. The van der Waals surface area contributed by atoms with Gasteiger partial charge in [0.2, 0.25) is 5.95 Å². The van der Waals surface area contributed by atoms with Crippen LogP contribution in [0.3, 0.4) is 0 Å². The van der Waals surface area contributed by atoms with Gasteiger partial charge < -0.3 is 25.4 Å². The number of hydrogen-bond donors (Lipinski definition) is 4. The van der Waals surface area contributed by atoms with E-state index in [1.54, 1.807) is 16.7 Å². The van der Waals surface area contributed by atoms with E-state index in [0.717, 1.165) is 25.7 Å². The summed E-state index contributed by atoms with van der Waals surface area (Å²) in [6.07, 6.45) is 0.980. The smallest absolute Gasteiger partial charge is 0.408 e. The number of hydrogen-bond acceptors (Lipinski definition) is 8. The first-order valence-electron chi connectivity index (χ1n) is 11.7. The van der Waals surface area contributed by atoms with Crippen molar-refractivity contribution in [1.29, 1.82) is 0 Å². The quantitative estimate of drug-likeness (QED) is 0.349. The van der Waals surface area contributed by atoms with E-state index in [2.05, 4.69) is 36.1 Å². The van der Waals surface area contributed by atoms with E-state index in [1.165, 1.54) is 6.07 Å². The SMILES string of the molecule is CC1(NC(=O)O[C@@H]2CO[C@H](c3cc(Nc4nc(Cl)cc5nc(C(=O)NC6CC6)cn45)n[nH]3)[C@H]2F)CC1. The van der Waals surface area contributed by atoms with Gasteiger partial charge in [-0.05, 0) is 32.6 Å². The van der Waals surface area contributed by atoms with Crippen LogP contribution in [-0.2, 0) is 9.47 Å². The first-order chi connectivity index (χ1) is 17.3. The van der Waals surface area contributed by atoms with Gasteiger partial charge in [0.1, 0.15) is 22.6 Å². The Balaban J connectivity index is 1.15. The molecule has 0 unspecified atom stereocenters. The molecular formula is C22H24ClFN8O4. The summed E-state index contributed by atoms with van der Waals surface area (Å²) >= 11 is 6.15. The minimum atomic E-state index is -1.58. The predicted molar refractivity (Wildman–Crippen MR) is 125 cm³/mol. The molecule has 0 bridgehead atoms. The zero-order valence-corrected chi connectivity index (χ0v) is 20.0. The van der Waals surface area contributed by atoms with Gasteiger partial charge in [-0.25, -0.2) is 19.2 Å². The highest BCUT2D eigenvalue weighted by atomic mass is 35.5. The number of H-pyrrole nitrogens is 1. The van der Waals surface area contributed by atoms with Gasteiger partial charge in [0.05, 0.1) is 12.3 Å². The highest BCUT2D eigenvalue weighted by Gasteiger charge is 2.44. The molecule has 2 amide bonds. The van der Waals surface area contributed by atoms with Gasteiger partial charge in [-0.1, -0.05) is 11.6 Å². The maximum Gasteiger partial charge on any atom is 0.408 e. The minimum absolute atomic E-state index is 0.0744. The molecule has 12 nitrogen and oxygen atoms in total. The number of alkyl halides is 1. The molecule has 1 saturated heterocycles. The van der Waals surface area contributed by atoms with Crippen LogP contribution in [0.5, 0.6) is 0 Å². The van der Waals surface area contributed by atoms with Crippen molar-refractivity contribution in [2.45, 2.75) is 62.6 Å². The van der Waals surface area contributed by atoms with Crippen LogP contribution in [0.4, 0.5) is 21.0 Å². The van der Waals surface area contributed by atoms with Crippen molar-refractivity contribution in [2.24, 2.45) is 0 Å². The van der Waals surface area contributed by atoms with Gasteiger partial charge in [-0.15, -0.1) is 0 Å². The number of nitrogens with one attached hydrogen (secondary N) is 4. The minimum Gasteiger partial charge on any atom is -0.441 e. The Morgan fingerprint density at radius 1 is 1.31 bits per heavy atom. The first kappa shape index (κ1) is 23.0. The molecule has 3 aromatic heterocycles. The Hall–Kier alpha value is -3.45. The molecular weight excluding hydrogens is 495 g/mol. The number of imidazole rings is 1. The van der Waals surface area contributed by atoms with E-state index in [-0.39, 0.29) is 40.9 Å². The fraction of sp³-hybridized carbons (Fsp3) is 0.500. The standard InChI is InChI=1S/C22H24ClFN8O4/c1-22(4-5-22)29-21(34)36-13-9-35-18(17(13)24)11-6-15(31-30-11)28-20-27-14(23)7-16-26-12(8-32(16)20)19(33)25-10-2-3-10/h6-8,10,13,17-18H,2-5,9H2,1H3,(H,25,33)(H,29,34)(H2,27,28,30,31)/t13-,17+,18-/m1/s1. The van der Waals surface area contributed by atoms with Crippen LogP contribution < -0.4 is 16.0 Å². The van der Waals surface area contributed by atoms with Crippen molar-refractivity contribution in [3.05, 3.63) is 34.9 Å². The van der Waals surface area contributed by atoms with Gasteiger partial charge in [-0.2, -0.15) is 5.10 Å². The summed E-state index contributed by atoms with van der Waals surface area (Å²) in [4.78, 5) is 33.1. The van der Waals surface area contributed by atoms with Crippen molar-refractivity contribution in [3.8, 4) is 0 Å². The summed E-state index contributed by atoms with van der Waals surface area (Å²) in [5.74, 6) is 0.317. The third-order valence-corrected chi connectivity index (χ3v) is 6.65. The monoisotopic (exact) mass is 518 g/mol. The van der Waals surface area contributed by atoms with Crippen molar-refractivity contribution >= 4 is 41.0 Å². The maximum absolute atomic E-state index is 15.0. The van der Waals surface area contributed by atoms with Crippen LogP contribution in [-0.4, -0.2) is 67.0 Å². The molecule has 6 rings (SSSR count). The molecule has 4 heterocycles. The summed E-state index contributed by atoms with van der Waals surface area (Å²) in [6.45, 7) is 1.83. The predicted octanol–water partition coefficient (Wildman–Crippen LogP) is 2.80. The van der Waals surface area contributed by atoms with Gasteiger partial charge >= 0.3 is 6.09 Å². The molecule has 190 valence electrons. The number of amides is 2. The normalized spacial score (nSPS) is 24.5. The molecule has 3 aromatic rings. The van der Waals surface area contributed by atoms with Crippen LogP contribution in [0.15, 0.2) is 18.3 Å². The van der Waals surface area contributed by atoms with Crippen LogP contribution in [0.2, 0.25) is 5.15 Å². The van der Waals surface area contributed by atoms with Crippen molar-refractivity contribution in [3.63, 3.8) is 0 Å². The second kappa shape index (κ2) is 8.59. The number of alkyl carbamates (subject to hydrolysis) is 1. The highest BCUT2D eigenvalue weighted by Crippen LogP contribution is 2.36. The van der Waals surface area contributed by atoms with E-state index in [9.17, 15) is 9.59 Å². The molecule has 1 aliphatic heterocycles. The average molecular weight is 519 g/mol. The van der Waals surface area contributed by atoms with Gasteiger partial charge in [0.15, 0.2) is 18.1 Å². The number of ether oxygens (including phenoxy) is 2. The highest BCUT2D eigenvalue weighted by molar-refractivity contribution is 6.29. The molecule has 3 aliphatic rings. The third kappa shape index (κ3) is 4.67. The molecule has 0 spiro atoms. The van der Waals surface area contributed by atoms with Crippen molar-refractivity contribution in [1.82, 2.24) is 35.2 Å². The molecule has 2 aliphatic carbocycles. The van der Waals surface area contributed by atoms with Gasteiger partial charge in [-0.3, -0.25) is 14.3 Å². The second-order valence-corrected chi connectivity index (χ2v) is 10.1. The summed E-state index contributed by atoms with van der Waals surface area (Å²) in [5, 5.41) is 15.7. The Bertz CT molecular complexity index is 1340. The Morgan fingerprint density at radius 2 is 2.11 bits per heavy atom. The molecule has 0 aromatic carbocycles. The molecule has 36 heavy (non-hydrogen) atoms. The van der Waals surface area contributed by atoms with Crippen LogP contribution in [0, 0.1) is 0 Å². The van der Waals surface area contributed by atoms with E-state index in [1.807, 2.05) is 6.92 Å². The fourth-order valence-electron chi connectivity index (χ4n) is 3.97. The number of nitrogens with zero attached hydrogens (tertiary/aromatic N) is 4.